The number of fused-ring (bicyclic) bond motifs is 3. The average molecular weight is 397 g/mol. The third-order valence-electron chi connectivity index (χ3n) is 5.70. The fourth-order valence-corrected chi connectivity index (χ4v) is 4.60. The second-order valence-electron chi connectivity index (χ2n) is 7.38. The first kappa shape index (κ1) is 16.9. The zero-order valence-corrected chi connectivity index (χ0v) is 16.7. The van der Waals surface area contributed by atoms with E-state index in [1.54, 1.807) is 0 Å². The molecule has 0 saturated heterocycles. The first-order chi connectivity index (χ1) is 12.0. The molecule has 2 nitrogen and oxygen atoms in total. The van der Waals surface area contributed by atoms with Gasteiger partial charge in [0.15, 0.2) is 0 Å². The van der Waals surface area contributed by atoms with Crippen molar-refractivity contribution in [2.24, 2.45) is 0 Å². The lowest BCUT2D eigenvalue weighted by atomic mass is 9.78. The Bertz CT molecular complexity index is 908. The van der Waals surface area contributed by atoms with Gasteiger partial charge in [-0.25, -0.2) is 0 Å². The first-order valence-corrected chi connectivity index (χ1v) is 10.0. The van der Waals surface area contributed by atoms with Gasteiger partial charge in [-0.2, -0.15) is 0 Å². The summed E-state index contributed by atoms with van der Waals surface area (Å²) < 4.78 is 1.14. The molecule has 0 fully saturated rings. The van der Waals surface area contributed by atoms with Gasteiger partial charge in [0.2, 0.25) is 0 Å². The van der Waals surface area contributed by atoms with Gasteiger partial charge >= 0.3 is 0 Å². The average Bonchev–Trinajstić information content (AvgIpc) is 3.00. The van der Waals surface area contributed by atoms with Gasteiger partial charge in [-0.05, 0) is 53.6 Å². The number of halogens is 1. The Morgan fingerprint density at radius 1 is 1.12 bits per heavy atom. The van der Waals surface area contributed by atoms with E-state index in [9.17, 15) is 0 Å². The molecule has 130 valence electrons. The Morgan fingerprint density at radius 2 is 1.88 bits per heavy atom. The van der Waals surface area contributed by atoms with Crippen molar-refractivity contribution in [3.8, 4) is 0 Å². The molecule has 0 spiro atoms. The summed E-state index contributed by atoms with van der Waals surface area (Å²) >= 11 is 3.63. The lowest BCUT2D eigenvalue weighted by Crippen LogP contribution is -2.47. The van der Waals surface area contributed by atoms with Crippen molar-refractivity contribution >= 4 is 26.8 Å². The molecular weight excluding hydrogens is 372 g/mol. The highest BCUT2D eigenvalue weighted by molar-refractivity contribution is 9.10. The number of nitrogens with one attached hydrogen (secondary N) is 2. The van der Waals surface area contributed by atoms with Crippen LogP contribution < -0.4 is 5.32 Å². The molecule has 1 atom stereocenters. The van der Waals surface area contributed by atoms with Crippen LogP contribution in [0.25, 0.3) is 10.9 Å². The van der Waals surface area contributed by atoms with E-state index in [4.69, 9.17) is 0 Å². The lowest BCUT2D eigenvalue weighted by Gasteiger charge is -2.38. The highest BCUT2D eigenvalue weighted by Crippen LogP contribution is 2.41. The van der Waals surface area contributed by atoms with Gasteiger partial charge in [-0.1, -0.05) is 61.0 Å². The van der Waals surface area contributed by atoms with Crippen LogP contribution in [0.15, 0.2) is 46.9 Å². The molecule has 1 aliphatic heterocycles. The van der Waals surface area contributed by atoms with Crippen molar-refractivity contribution in [3.05, 3.63) is 69.3 Å². The number of hydrogen-bond donors (Lipinski definition) is 2. The molecular formula is C22H25BrN2. The minimum absolute atomic E-state index is 0.130. The minimum atomic E-state index is -0.130. The molecule has 1 aliphatic rings. The molecule has 2 aromatic carbocycles. The molecule has 4 rings (SSSR count). The van der Waals surface area contributed by atoms with Crippen molar-refractivity contribution in [1.82, 2.24) is 10.3 Å². The van der Waals surface area contributed by atoms with E-state index in [0.717, 1.165) is 23.9 Å². The molecule has 3 heteroatoms. The summed E-state index contributed by atoms with van der Waals surface area (Å²) in [6.45, 7) is 7.78. The maximum atomic E-state index is 3.84. The van der Waals surface area contributed by atoms with Crippen LogP contribution in [-0.4, -0.2) is 11.5 Å². The molecule has 3 aromatic rings. The van der Waals surface area contributed by atoms with Crippen LogP contribution in [0, 0.1) is 0 Å². The molecule has 0 saturated carbocycles. The molecule has 2 heterocycles. The van der Waals surface area contributed by atoms with Crippen LogP contribution in [0.2, 0.25) is 0 Å². The van der Waals surface area contributed by atoms with Crippen LogP contribution in [0.1, 0.15) is 55.5 Å². The monoisotopic (exact) mass is 396 g/mol. The van der Waals surface area contributed by atoms with Gasteiger partial charge in [0.25, 0.3) is 0 Å². The van der Waals surface area contributed by atoms with Crippen molar-refractivity contribution < 1.29 is 0 Å². The summed E-state index contributed by atoms with van der Waals surface area (Å²) in [5.74, 6) is 0.562. The number of rotatable bonds is 3. The Labute approximate surface area is 158 Å². The summed E-state index contributed by atoms with van der Waals surface area (Å²) in [7, 11) is 0. The maximum Gasteiger partial charge on any atom is 0.0842 e. The van der Waals surface area contributed by atoms with E-state index in [-0.39, 0.29) is 5.54 Å². The predicted molar refractivity (Wildman–Crippen MR) is 109 cm³/mol. The standard InChI is InChI=1S/C22H25BrN2/c1-4-22(16-7-5-15(6-8-16)14(2)3)21-18(11-12-24-22)19-13-17(23)9-10-20(19)25-21/h5-10,13-14,24-25H,4,11-12H2,1-3H3. The van der Waals surface area contributed by atoms with E-state index in [1.165, 1.54) is 33.3 Å². The Morgan fingerprint density at radius 3 is 2.56 bits per heavy atom. The number of aromatic nitrogens is 1. The number of benzene rings is 2. The van der Waals surface area contributed by atoms with E-state index in [2.05, 4.69) is 89.5 Å². The van der Waals surface area contributed by atoms with Gasteiger partial charge in [-0.3, -0.25) is 0 Å². The number of aromatic amines is 1. The largest absolute Gasteiger partial charge is 0.356 e. The van der Waals surface area contributed by atoms with Crippen LogP contribution in [0.4, 0.5) is 0 Å². The van der Waals surface area contributed by atoms with Gasteiger partial charge in [0, 0.05) is 27.6 Å². The van der Waals surface area contributed by atoms with Gasteiger partial charge in [-0.15, -0.1) is 0 Å². The fourth-order valence-electron chi connectivity index (χ4n) is 4.24. The zero-order valence-electron chi connectivity index (χ0n) is 15.1. The Hall–Kier alpha value is -1.58. The quantitative estimate of drug-likeness (QED) is 0.570. The molecule has 0 bridgehead atoms. The second-order valence-corrected chi connectivity index (χ2v) is 8.30. The van der Waals surface area contributed by atoms with Gasteiger partial charge < -0.3 is 10.3 Å². The molecule has 25 heavy (non-hydrogen) atoms. The summed E-state index contributed by atoms with van der Waals surface area (Å²) in [6.07, 6.45) is 2.09. The van der Waals surface area contributed by atoms with Crippen molar-refractivity contribution in [1.29, 1.82) is 0 Å². The van der Waals surface area contributed by atoms with Crippen LogP contribution >= 0.6 is 15.9 Å². The third kappa shape index (κ3) is 2.65. The minimum Gasteiger partial charge on any atom is -0.356 e. The molecule has 0 amide bonds. The van der Waals surface area contributed by atoms with Gasteiger partial charge in [0.05, 0.1) is 5.54 Å². The van der Waals surface area contributed by atoms with E-state index in [0.29, 0.717) is 5.92 Å². The molecule has 0 aliphatic carbocycles. The first-order valence-electron chi connectivity index (χ1n) is 9.21. The smallest absolute Gasteiger partial charge is 0.0842 e. The Balaban J connectivity index is 1.90. The Kier molecular flexibility index (Phi) is 4.25. The predicted octanol–water partition coefficient (Wildman–Crippen LogP) is 5.85. The van der Waals surface area contributed by atoms with Crippen molar-refractivity contribution in [2.75, 3.05) is 6.54 Å². The molecule has 1 aromatic heterocycles. The zero-order chi connectivity index (χ0) is 17.6. The maximum absolute atomic E-state index is 3.84. The molecule has 2 N–H and O–H groups in total. The third-order valence-corrected chi connectivity index (χ3v) is 6.19. The van der Waals surface area contributed by atoms with Crippen molar-refractivity contribution in [3.63, 3.8) is 0 Å². The summed E-state index contributed by atoms with van der Waals surface area (Å²) in [4.78, 5) is 3.74. The van der Waals surface area contributed by atoms with E-state index in [1.807, 2.05) is 0 Å². The number of H-pyrrole nitrogens is 1. The van der Waals surface area contributed by atoms with Crippen LogP contribution in [0.5, 0.6) is 0 Å². The summed E-state index contributed by atoms with van der Waals surface area (Å²) in [5, 5.41) is 5.19. The fraction of sp³-hybridized carbons (Fsp3) is 0.364. The normalized spacial score (nSPS) is 20.2. The molecule has 0 radical (unpaired) electrons. The van der Waals surface area contributed by atoms with Crippen LogP contribution in [0.3, 0.4) is 0 Å². The lowest BCUT2D eigenvalue weighted by molar-refractivity contribution is 0.360. The van der Waals surface area contributed by atoms with Crippen molar-refractivity contribution in [2.45, 2.75) is 45.1 Å². The molecule has 1 unspecified atom stereocenters. The second kappa shape index (κ2) is 6.30. The SMILES string of the molecule is CCC1(c2ccc(C(C)C)cc2)NCCc2c1[nH]c1ccc(Br)cc21. The van der Waals surface area contributed by atoms with E-state index >= 15 is 0 Å². The highest BCUT2D eigenvalue weighted by atomic mass is 79.9. The highest BCUT2D eigenvalue weighted by Gasteiger charge is 2.38. The topological polar surface area (TPSA) is 27.8 Å². The summed E-state index contributed by atoms with van der Waals surface area (Å²) in [5.41, 5.74) is 6.65. The van der Waals surface area contributed by atoms with Crippen LogP contribution in [-0.2, 0) is 12.0 Å². The van der Waals surface area contributed by atoms with Gasteiger partial charge in [0.1, 0.15) is 0 Å². The summed E-state index contributed by atoms with van der Waals surface area (Å²) in [6, 6.07) is 15.7. The van der Waals surface area contributed by atoms with E-state index < -0.39 is 0 Å². The number of hydrogen-bond acceptors (Lipinski definition) is 1.